The second kappa shape index (κ2) is 11.3. The molecule has 0 radical (unpaired) electrons. The number of ether oxygens (including phenoxy) is 2. The Kier molecular flexibility index (Phi) is 8.47. The second-order valence-electron chi connectivity index (χ2n) is 6.90. The van der Waals surface area contributed by atoms with E-state index in [0.717, 1.165) is 49.7 Å². The highest BCUT2D eigenvalue weighted by molar-refractivity contribution is 7.99. The third kappa shape index (κ3) is 6.70. The molecule has 1 saturated heterocycles. The average molecular weight is 407 g/mol. The molecule has 2 aromatic rings. The number of aliphatic hydroxyl groups excluding tert-OH is 1. The van der Waals surface area contributed by atoms with Crippen molar-refractivity contribution in [3.8, 4) is 11.5 Å². The Bertz CT molecular complexity index is 693. The van der Waals surface area contributed by atoms with Crippen molar-refractivity contribution in [3.63, 3.8) is 0 Å². The highest BCUT2D eigenvalue weighted by atomic mass is 32.2. The van der Waals surface area contributed by atoms with E-state index in [0.29, 0.717) is 18.0 Å². The fourth-order valence-corrected chi connectivity index (χ4v) is 4.12. The fourth-order valence-electron chi connectivity index (χ4n) is 3.14. The van der Waals surface area contributed by atoms with Gasteiger partial charge in [-0.25, -0.2) is 0 Å². The van der Waals surface area contributed by atoms with Gasteiger partial charge >= 0.3 is 0 Å². The van der Waals surface area contributed by atoms with Gasteiger partial charge in [0.2, 0.25) is 0 Å². The van der Waals surface area contributed by atoms with E-state index in [9.17, 15) is 5.11 Å². The van der Waals surface area contributed by atoms with Crippen LogP contribution in [0.2, 0.25) is 0 Å². The predicted molar refractivity (Wildman–Crippen MR) is 112 cm³/mol. The van der Waals surface area contributed by atoms with Gasteiger partial charge in [-0.3, -0.25) is 10.00 Å². The van der Waals surface area contributed by atoms with Crippen molar-refractivity contribution >= 4 is 11.8 Å². The first-order chi connectivity index (χ1) is 13.7. The zero-order valence-electron chi connectivity index (χ0n) is 16.4. The van der Waals surface area contributed by atoms with Gasteiger partial charge in [0.05, 0.1) is 13.3 Å². The molecule has 3 N–H and O–H groups in total. The lowest BCUT2D eigenvalue weighted by molar-refractivity contribution is 0.0705. The molecule has 1 atom stereocenters. The van der Waals surface area contributed by atoms with Crippen molar-refractivity contribution in [2.24, 2.45) is 0 Å². The molecule has 0 saturated carbocycles. The Morgan fingerprint density at radius 3 is 2.89 bits per heavy atom. The topological polar surface area (TPSA) is 82.6 Å². The number of β-amino-alcohol motifs (C(OH)–C–C–N with tert-alkyl or cyclic N) is 1. The highest BCUT2D eigenvalue weighted by Gasteiger charge is 2.16. The molecule has 1 unspecified atom stereocenters. The molecular weight excluding hydrogens is 376 g/mol. The molecule has 0 bridgehead atoms. The van der Waals surface area contributed by atoms with Crippen molar-refractivity contribution in [2.75, 3.05) is 51.4 Å². The maximum Gasteiger partial charge on any atom is 0.161 e. The number of benzene rings is 1. The van der Waals surface area contributed by atoms with Gasteiger partial charge in [-0.2, -0.15) is 16.9 Å². The van der Waals surface area contributed by atoms with Crippen LogP contribution in [-0.4, -0.2) is 77.7 Å². The maximum absolute atomic E-state index is 10.3. The maximum atomic E-state index is 10.3. The molecule has 154 valence electrons. The minimum Gasteiger partial charge on any atom is -0.493 e. The molecule has 2 heterocycles. The number of H-pyrrole nitrogens is 1. The van der Waals surface area contributed by atoms with E-state index in [-0.39, 0.29) is 6.61 Å². The first-order valence-corrected chi connectivity index (χ1v) is 10.9. The molecule has 1 fully saturated rings. The van der Waals surface area contributed by atoms with E-state index in [1.807, 2.05) is 42.4 Å². The normalized spacial score (nSPS) is 16.1. The molecule has 0 spiro atoms. The number of nitrogens with one attached hydrogen (secondary N) is 2. The lowest BCUT2D eigenvalue weighted by atomic mass is 10.2. The van der Waals surface area contributed by atoms with Crippen LogP contribution in [0.25, 0.3) is 0 Å². The molecule has 1 aliphatic rings. The van der Waals surface area contributed by atoms with Gasteiger partial charge in [0, 0.05) is 43.9 Å². The van der Waals surface area contributed by atoms with Crippen molar-refractivity contribution in [2.45, 2.75) is 19.1 Å². The monoisotopic (exact) mass is 406 g/mol. The Balaban J connectivity index is 1.42. The molecule has 0 amide bonds. The predicted octanol–water partition coefficient (Wildman–Crippen LogP) is 1.54. The van der Waals surface area contributed by atoms with E-state index in [1.54, 1.807) is 7.11 Å². The summed E-state index contributed by atoms with van der Waals surface area (Å²) in [5.74, 6) is 3.63. The molecule has 0 aliphatic carbocycles. The largest absolute Gasteiger partial charge is 0.493 e. The third-order valence-corrected chi connectivity index (χ3v) is 5.65. The summed E-state index contributed by atoms with van der Waals surface area (Å²) in [5.41, 5.74) is 2.32. The van der Waals surface area contributed by atoms with Crippen LogP contribution in [-0.2, 0) is 13.0 Å². The number of thioether (sulfide) groups is 1. The number of hydrogen-bond acceptors (Lipinski definition) is 7. The lowest BCUT2D eigenvalue weighted by Crippen LogP contribution is -2.40. The van der Waals surface area contributed by atoms with Gasteiger partial charge in [-0.1, -0.05) is 6.07 Å². The summed E-state index contributed by atoms with van der Waals surface area (Å²) in [4.78, 5) is 2.29. The van der Waals surface area contributed by atoms with Crippen molar-refractivity contribution in [1.29, 1.82) is 0 Å². The molecule has 7 nitrogen and oxygen atoms in total. The molecule has 1 aromatic carbocycles. The summed E-state index contributed by atoms with van der Waals surface area (Å²) in [7, 11) is 1.64. The summed E-state index contributed by atoms with van der Waals surface area (Å²) in [6, 6.07) is 5.92. The fraction of sp³-hybridized carbons (Fsp3) is 0.550. The van der Waals surface area contributed by atoms with E-state index in [4.69, 9.17) is 9.47 Å². The van der Waals surface area contributed by atoms with Crippen LogP contribution in [0.3, 0.4) is 0 Å². The molecule has 8 heteroatoms. The van der Waals surface area contributed by atoms with Crippen LogP contribution in [0.5, 0.6) is 11.5 Å². The number of hydrogen-bond donors (Lipinski definition) is 3. The molecule has 28 heavy (non-hydrogen) atoms. The van der Waals surface area contributed by atoms with Gasteiger partial charge < -0.3 is 19.9 Å². The Morgan fingerprint density at radius 1 is 1.29 bits per heavy atom. The van der Waals surface area contributed by atoms with Crippen LogP contribution in [0, 0.1) is 0 Å². The van der Waals surface area contributed by atoms with Gasteiger partial charge in [0.1, 0.15) is 12.7 Å². The van der Waals surface area contributed by atoms with E-state index in [2.05, 4.69) is 20.4 Å². The van der Waals surface area contributed by atoms with Crippen LogP contribution in [0.1, 0.15) is 11.1 Å². The molecular formula is C20H30N4O3S. The first kappa shape index (κ1) is 21.0. The molecule has 3 rings (SSSR count). The third-order valence-electron chi connectivity index (χ3n) is 4.71. The zero-order chi connectivity index (χ0) is 19.6. The number of aromatic nitrogens is 2. The number of rotatable bonds is 11. The lowest BCUT2D eigenvalue weighted by Gasteiger charge is -2.28. The zero-order valence-corrected chi connectivity index (χ0v) is 17.2. The number of nitrogens with zero attached hydrogens (tertiary/aromatic N) is 2. The van der Waals surface area contributed by atoms with E-state index < -0.39 is 6.10 Å². The average Bonchev–Trinajstić information content (AvgIpc) is 3.24. The van der Waals surface area contributed by atoms with Gasteiger partial charge in [-0.05, 0) is 36.2 Å². The van der Waals surface area contributed by atoms with Crippen LogP contribution >= 0.6 is 11.8 Å². The van der Waals surface area contributed by atoms with Gasteiger partial charge in [0.25, 0.3) is 0 Å². The minimum atomic E-state index is -0.503. The van der Waals surface area contributed by atoms with Crippen LogP contribution in [0.4, 0.5) is 0 Å². The number of aromatic amines is 1. The summed E-state index contributed by atoms with van der Waals surface area (Å²) in [5, 5.41) is 20.5. The second-order valence-corrected chi connectivity index (χ2v) is 8.12. The Hall–Kier alpha value is -1.74. The smallest absolute Gasteiger partial charge is 0.161 e. The highest BCUT2D eigenvalue weighted by Crippen LogP contribution is 2.28. The van der Waals surface area contributed by atoms with Gasteiger partial charge in [-0.15, -0.1) is 0 Å². The van der Waals surface area contributed by atoms with Crippen LogP contribution < -0.4 is 14.8 Å². The summed E-state index contributed by atoms with van der Waals surface area (Å²) < 4.78 is 11.3. The Morgan fingerprint density at radius 2 is 2.14 bits per heavy atom. The quantitative estimate of drug-likeness (QED) is 0.488. The molecule has 1 aliphatic heterocycles. The van der Waals surface area contributed by atoms with Crippen LogP contribution in [0.15, 0.2) is 30.6 Å². The summed E-state index contributed by atoms with van der Waals surface area (Å²) >= 11 is 1.97. The summed E-state index contributed by atoms with van der Waals surface area (Å²) in [6.07, 6.45) is 4.19. The van der Waals surface area contributed by atoms with E-state index in [1.165, 1.54) is 5.56 Å². The van der Waals surface area contributed by atoms with Crippen molar-refractivity contribution in [1.82, 2.24) is 20.4 Å². The van der Waals surface area contributed by atoms with Crippen molar-refractivity contribution < 1.29 is 14.6 Å². The minimum absolute atomic E-state index is 0.266. The molecule has 1 aromatic heterocycles. The standard InChI is InChI=1S/C20H30N4O3S/c1-26-20-10-16(11-21-5-4-17-12-22-23-13-17)2-3-19(20)27-15-18(25)14-24-6-8-28-9-7-24/h2-3,10,12-13,18,21,25H,4-9,11,14-15H2,1H3,(H,22,23). The number of aliphatic hydroxyl groups is 1. The first-order valence-electron chi connectivity index (χ1n) is 9.71. The SMILES string of the molecule is COc1cc(CNCCc2cn[nH]c2)ccc1OCC(O)CN1CCSCC1. The Labute approximate surface area is 170 Å². The summed E-state index contributed by atoms with van der Waals surface area (Å²) in [6.45, 7) is 4.62. The number of methoxy groups -OCH3 is 1. The van der Waals surface area contributed by atoms with E-state index >= 15 is 0 Å². The van der Waals surface area contributed by atoms with Crippen molar-refractivity contribution in [3.05, 3.63) is 41.7 Å². The van der Waals surface area contributed by atoms with Gasteiger partial charge in [0.15, 0.2) is 11.5 Å².